The monoisotopic (exact) mass is 227 g/mol. The first-order chi connectivity index (χ1) is 7.56. The van der Waals surface area contributed by atoms with Crippen LogP contribution in [0.1, 0.15) is 46.5 Å². The van der Waals surface area contributed by atoms with Crippen molar-refractivity contribution >= 4 is 5.91 Å². The average Bonchev–Trinajstić information content (AvgIpc) is 2.28. The molecule has 1 rings (SSSR count). The molecule has 3 nitrogen and oxygen atoms in total. The van der Waals surface area contributed by atoms with E-state index >= 15 is 0 Å². The van der Waals surface area contributed by atoms with Crippen LogP contribution in [-0.4, -0.2) is 35.1 Å². The van der Waals surface area contributed by atoms with Gasteiger partial charge in [-0.15, -0.1) is 0 Å². The molecule has 0 bridgehead atoms. The zero-order valence-electron chi connectivity index (χ0n) is 10.8. The molecule has 1 aliphatic heterocycles. The highest BCUT2D eigenvalue weighted by molar-refractivity contribution is 5.78. The third-order valence-electron chi connectivity index (χ3n) is 3.59. The number of piperidine rings is 1. The number of carbonyl (C=O) groups is 1. The smallest absolute Gasteiger partial charge is 0.225 e. The fraction of sp³-hybridized carbons (Fsp3) is 0.923. The van der Waals surface area contributed by atoms with Crippen molar-refractivity contribution in [2.45, 2.75) is 52.6 Å². The number of nitrogens with zero attached hydrogens (tertiary/aromatic N) is 1. The normalized spacial score (nSPS) is 25.2. The summed E-state index contributed by atoms with van der Waals surface area (Å²) >= 11 is 0. The van der Waals surface area contributed by atoms with Crippen LogP contribution in [0.2, 0.25) is 0 Å². The minimum Gasteiger partial charge on any atom is -0.393 e. The van der Waals surface area contributed by atoms with Gasteiger partial charge in [0.15, 0.2) is 0 Å². The fourth-order valence-corrected chi connectivity index (χ4v) is 2.47. The van der Waals surface area contributed by atoms with E-state index in [-0.39, 0.29) is 23.8 Å². The summed E-state index contributed by atoms with van der Waals surface area (Å²) in [7, 11) is 0. The molecule has 0 spiro atoms. The lowest BCUT2D eigenvalue weighted by molar-refractivity contribution is -0.137. The predicted molar refractivity (Wildman–Crippen MR) is 65.1 cm³/mol. The van der Waals surface area contributed by atoms with Crippen LogP contribution in [0.15, 0.2) is 0 Å². The van der Waals surface area contributed by atoms with Crippen LogP contribution in [0, 0.1) is 11.8 Å². The highest BCUT2D eigenvalue weighted by atomic mass is 16.3. The lowest BCUT2D eigenvalue weighted by Crippen LogP contribution is -2.44. The van der Waals surface area contributed by atoms with Gasteiger partial charge in [0.05, 0.1) is 6.10 Å². The van der Waals surface area contributed by atoms with Crippen LogP contribution in [0.4, 0.5) is 0 Å². The molecular weight excluding hydrogens is 202 g/mol. The molecule has 3 atom stereocenters. The van der Waals surface area contributed by atoms with Crippen LogP contribution in [-0.2, 0) is 4.79 Å². The van der Waals surface area contributed by atoms with E-state index in [9.17, 15) is 9.90 Å². The van der Waals surface area contributed by atoms with Gasteiger partial charge < -0.3 is 10.0 Å². The summed E-state index contributed by atoms with van der Waals surface area (Å²) in [4.78, 5) is 14.0. The van der Waals surface area contributed by atoms with E-state index in [4.69, 9.17) is 0 Å². The van der Waals surface area contributed by atoms with Crippen LogP contribution < -0.4 is 0 Å². The maximum atomic E-state index is 12.1. The first-order valence-electron chi connectivity index (χ1n) is 6.53. The number of likely N-dealkylation sites (tertiary alicyclic amines) is 1. The molecule has 1 amide bonds. The zero-order chi connectivity index (χ0) is 12.1. The SMILES string of the molecule is CCCC(C)C(=O)N1CCCC(C(C)O)C1. The van der Waals surface area contributed by atoms with Crippen molar-refractivity contribution in [1.82, 2.24) is 4.90 Å². The van der Waals surface area contributed by atoms with Crippen molar-refractivity contribution in [2.75, 3.05) is 13.1 Å². The minimum atomic E-state index is -0.294. The summed E-state index contributed by atoms with van der Waals surface area (Å²) < 4.78 is 0. The van der Waals surface area contributed by atoms with Gasteiger partial charge in [-0.2, -0.15) is 0 Å². The molecule has 1 N–H and O–H groups in total. The van der Waals surface area contributed by atoms with E-state index in [0.29, 0.717) is 0 Å². The lowest BCUT2D eigenvalue weighted by atomic mass is 9.92. The van der Waals surface area contributed by atoms with Crippen LogP contribution >= 0.6 is 0 Å². The Kier molecular flexibility index (Phi) is 5.26. The van der Waals surface area contributed by atoms with E-state index in [2.05, 4.69) is 6.92 Å². The Labute approximate surface area is 98.8 Å². The first kappa shape index (κ1) is 13.5. The highest BCUT2D eigenvalue weighted by Gasteiger charge is 2.28. The molecule has 1 heterocycles. The molecule has 0 radical (unpaired) electrons. The average molecular weight is 227 g/mol. The van der Waals surface area contributed by atoms with Crippen LogP contribution in [0.25, 0.3) is 0 Å². The van der Waals surface area contributed by atoms with Crippen molar-refractivity contribution in [3.8, 4) is 0 Å². The fourth-order valence-electron chi connectivity index (χ4n) is 2.47. The second-order valence-corrected chi connectivity index (χ2v) is 5.12. The third kappa shape index (κ3) is 3.48. The maximum absolute atomic E-state index is 12.1. The standard InChI is InChI=1S/C13H25NO2/c1-4-6-10(2)13(16)14-8-5-7-12(9-14)11(3)15/h10-12,15H,4-9H2,1-3H3. The quantitative estimate of drug-likeness (QED) is 0.798. The molecule has 0 aromatic carbocycles. The second-order valence-electron chi connectivity index (χ2n) is 5.12. The summed E-state index contributed by atoms with van der Waals surface area (Å²) in [5.74, 6) is 0.677. The Morgan fingerprint density at radius 3 is 2.75 bits per heavy atom. The number of rotatable bonds is 4. The Balaban J connectivity index is 2.49. The summed E-state index contributed by atoms with van der Waals surface area (Å²) in [6.07, 6.45) is 3.80. The van der Waals surface area contributed by atoms with Crippen molar-refractivity contribution in [2.24, 2.45) is 11.8 Å². The molecule has 16 heavy (non-hydrogen) atoms. The minimum absolute atomic E-state index is 0.137. The van der Waals surface area contributed by atoms with Gasteiger partial charge in [0.1, 0.15) is 0 Å². The number of amides is 1. The van der Waals surface area contributed by atoms with Gasteiger partial charge >= 0.3 is 0 Å². The number of hydrogen-bond donors (Lipinski definition) is 1. The predicted octanol–water partition coefficient (Wildman–Crippen LogP) is 2.04. The molecule has 0 saturated carbocycles. The Hall–Kier alpha value is -0.570. The summed E-state index contributed by atoms with van der Waals surface area (Å²) in [5, 5.41) is 9.58. The highest BCUT2D eigenvalue weighted by Crippen LogP contribution is 2.22. The molecule has 94 valence electrons. The van der Waals surface area contributed by atoms with Gasteiger partial charge in [-0.1, -0.05) is 20.3 Å². The van der Waals surface area contributed by atoms with Gasteiger partial charge in [0.2, 0.25) is 5.91 Å². The Bertz CT molecular complexity index is 228. The molecule has 0 aliphatic carbocycles. The van der Waals surface area contributed by atoms with Crippen molar-refractivity contribution < 1.29 is 9.90 Å². The van der Waals surface area contributed by atoms with E-state index < -0.39 is 0 Å². The molecule has 1 saturated heterocycles. The summed E-state index contributed by atoms with van der Waals surface area (Å²) in [5.41, 5.74) is 0. The van der Waals surface area contributed by atoms with Crippen molar-refractivity contribution in [1.29, 1.82) is 0 Å². The summed E-state index contributed by atoms with van der Waals surface area (Å²) in [6.45, 7) is 7.56. The van der Waals surface area contributed by atoms with Crippen molar-refractivity contribution in [3.05, 3.63) is 0 Å². The number of hydrogen-bond acceptors (Lipinski definition) is 2. The largest absolute Gasteiger partial charge is 0.393 e. The zero-order valence-corrected chi connectivity index (χ0v) is 10.8. The number of aliphatic hydroxyl groups is 1. The van der Waals surface area contributed by atoms with Crippen LogP contribution in [0.5, 0.6) is 0 Å². The first-order valence-corrected chi connectivity index (χ1v) is 6.53. The number of carbonyl (C=O) groups excluding carboxylic acids is 1. The van der Waals surface area contributed by atoms with Gasteiger partial charge in [-0.3, -0.25) is 4.79 Å². The Morgan fingerprint density at radius 2 is 2.19 bits per heavy atom. The van der Waals surface area contributed by atoms with E-state index in [1.807, 2.05) is 18.7 Å². The molecule has 1 fully saturated rings. The molecule has 1 aliphatic rings. The lowest BCUT2D eigenvalue weighted by Gasteiger charge is -2.35. The molecule has 0 aromatic rings. The van der Waals surface area contributed by atoms with Crippen molar-refractivity contribution in [3.63, 3.8) is 0 Å². The summed E-state index contributed by atoms with van der Waals surface area (Å²) in [6, 6.07) is 0. The van der Waals surface area contributed by atoms with Gasteiger partial charge in [0, 0.05) is 24.9 Å². The van der Waals surface area contributed by atoms with Gasteiger partial charge in [0.25, 0.3) is 0 Å². The van der Waals surface area contributed by atoms with E-state index in [0.717, 1.165) is 38.8 Å². The number of aliphatic hydroxyl groups excluding tert-OH is 1. The maximum Gasteiger partial charge on any atom is 0.225 e. The Morgan fingerprint density at radius 1 is 1.50 bits per heavy atom. The topological polar surface area (TPSA) is 40.5 Å². The van der Waals surface area contributed by atoms with E-state index in [1.165, 1.54) is 0 Å². The van der Waals surface area contributed by atoms with Crippen LogP contribution in [0.3, 0.4) is 0 Å². The van der Waals surface area contributed by atoms with Gasteiger partial charge in [-0.05, 0) is 26.2 Å². The molecular formula is C13H25NO2. The van der Waals surface area contributed by atoms with Gasteiger partial charge in [-0.25, -0.2) is 0 Å². The third-order valence-corrected chi connectivity index (χ3v) is 3.59. The molecule has 0 aromatic heterocycles. The molecule has 3 unspecified atom stereocenters. The second kappa shape index (κ2) is 6.24. The van der Waals surface area contributed by atoms with E-state index in [1.54, 1.807) is 0 Å². The molecule has 3 heteroatoms.